The fourth-order valence-electron chi connectivity index (χ4n) is 4.01. The highest BCUT2D eigenvalue weighted by Gasteiger charge is 2.39. The Bertz CT molecular complexity index is 575. The predicted molar refractivity (Wildman–Crippen MR) is 96.5 cm³/mol. The molecule has 2 unspecified atom stereocenters. The van der Waals surface area contributed by atoms with Crippen LogP contribution < -0.4 is 5.32 Å². The van der Waals surface area contributed by atoms with E-state index in [-0.39, 0.29) is 5.44 Å². The number of aliphatic hydroxyl groups is 1. The number of nitrogens with zero attached hydrogens (tertiary/aromatic N) is 3. The zero-order chi connectivity index (χ0) is 15.8. The van der Waals surface area contributed by atoms with Crippen LogP contribution in [0.4, 0.5) is 5.82 Å². The molecule has 128 valence electrons. The minimum atomic E-state index is -0.724. The van der Waals surface area contributed by atoms with Gasteiger partial charge in [-0.3, -0.25) is 3.97 Å². The van der Waals surface area contributed by atoms with Crippen LogP contribution >= 0.6 is 11.1 Å². The van der Waals surface area contributed by atoms with Crippen LogP contribution in [0, 0.1) is 11.8 Å². The van der Waals surface area contributed by atoms with Gasteiger partial charge in [0, 0.05) is 12.0 Å². The summed E-state index contributed by atoms with van der Waals surface area (Å²) in [5, 5.41) is 15.8. The number of nitrogens with one attached hydrogen (secondary N) is 1. The Morgan fingerprint density at radius 3 is 2.78 bits per heavy atom. The van der Waals surface area contributed by atoms with Gasteiger partial charge in [-0.15, -0.1) is 11.1 Å². The third-order valence-corrected chi connectivity index (χ3v) is 7.89. The van der Waals surface area contributed by atoms with Gasteiger partial charge >= 0.3 is 0 Å². The molecule has 3 aliphatic rings. The lowest BCUT2D eigenvalue weighted by Gasteiger charge is -2.33. The molecular formula is C17H28N4OS. The van der Waals surface area contributed by atoms with E-state index in [9.17, 15) is 5.11 Å². The average molecular weight is 337 g/mol. The van der Waals surface area contributed by atoms with Crippen LogP contribution in [0.1, 0.15) is 51.9 Å². The Morgan fingerprint density at radius 2 is 2.09 bits per heavy atom. The van der Waals surface area contributed by atoms with E-state index in [1.54, 1.807) is 0 Å². The van der Waals surface area contributed by atoms with Crippen LogP contribution in [0.15, 0.2) is 17.5 Å². The second-order valence-electron chi connectivity index (χ2n) is 7.18. The van der Waals surface area contributed by atoms with E-state index >= 15 is 0 Å². The van der Waals surface area contributed by atoms with E-state index in [0.29, 0.717) is 17.9 Å². The van der Waals surface area contributed by atoms with Crippen molar-refractivity contribution in [2.45, 2.75) is 63.3 Å². The summed E-state index contributed by atoms with van der Waals surface area (Å²) in [5.41, 5.74) is -0.263. The fourth-order valence-corrected chi connectivity index (χ4v) is 6.65. The average Bonchev–Trinajstić information content (AvgIpc) is 3.18. The highest BCUT2D eigenvalue weighted by atomic mass is 32.2. The van der Waals surface area contributed by atoms with Crippen molar-refractivity contribution in [1.82, 2.24) is 14.3 Å². The molecule has 1 aliphatic heterocycles. The molecule has 2 saturated carbocycles. The Morgan fingerprint density at radius 1 is 1.30 bits per heavy atom. The quantitative estimate of drug-likeness (QED) is 0.700. The van der Waals surface area contributed by atoms with Gasteiger partial charge in [0.1, 0.15) is 11.8 Å². The van der Waals surface area contributed by atoms with Crippen molar-refractivity contribution in [3.05, 3.63) is 12.5 Å². The van der Waals surface area contributed by atoms with E-state index in [4.69, 9.17) is 4.99 Å². The molecule has 1 aromatic heterocycles. The topological polar surface area (TPSA) is 62.4 Å². The number of aromatic nitrogens is 2. The van der Waals surface area contributed by atoms with E-state index < -0.39 is 11.1 Å². The Hall–Kier alpha value is -0.850. The molecule has 2 fully saturated rings. The molecule has 23 heavy (non-hydrogen) atoms. The Balaban J connectivity index is 1.39. The summed E-state index contributed by atoms with van der Waals surface area (Å²) < 4.78 is 2.15. The molecule has 2 atom stereocenters. The number of imidazole rings is 1. The van der Waals surface area contributed by atoms with E-state index in [2.05, 4.69) is 21.2 Å². The Kier molecular flexibility index (Phi) is 4.48. The predicted octanol–water partition coefficient (Wildman–Crippen LogP) is 2.98. The molecule has 4 rings (SSSR count). The highest BCUT2D eigenvalue weighted by Crippen LogP contribution is 2.53. The Labute approximate surface area is 141 Å². The molecule has 0 aromatic carbocycles. The first-order chi connectivity index (χ1) is 11.3. The number of hydrogen-bond donors (Lipinski definition) is 3. The summed E-state index contributed by atoms with van der Waals surface area (Å²) in [5.74, 6) is 2.24. The van der Waals surface area contributed by atoms with Crippen molar-refractivity contribution in [2.24, 2.45) is 16.8 Å². The standard InChI is InChI=1S/C17H28N4OS/c1-2-19-14-7-3-12(4-8-14)9-16(22)23-17(13-5-6-13)20-15-10-18-11-21(15)23/h10-14,16,19,22-23H,2-9H2,1H3. The van der Waals surface area contributed by atoms with Crippen molar-refractivity contribution in [2.75, 3.05) is 6.54 Å². The molecular weight excluding hydrogens is 308 g/mol. The summed E-state index contributed by atoms with van der Waals surface area (Å²) in [6, 6.07) is 0.689. The summed E-state index contributed by atoms with van der Waals surface area (Å²) in [6.45, 7) is 3.24. The normalized spacial score (nSPS) is 33.3. The van der Waals surface area contributed by atoms with Gasteiger partial charge in [0.25, 0.3) is 0 Å². The minimum Gasteiger partial charge on any atom is -0.382 e. The molecule has 0 saturated heterocycles. The van der Waals surface area contributed by atoms with Gasteiger partial charge in [-0.1, -0.05) is 6.92 Å². The van der Waals surface area contributed by atoms with Gasteiger partial charge in [-0.05, 0) is 57.4 Å². The number of rotatable bonds is 6. The van der Waals surface area contributed by atoms with Crippen molar-refractivity contribution in [3.8, 4) is 0 Å². The van der Waals surface area contributed by atoms with Crippen LogP contribution in [0.25, 0.3) is 0 Å². The number of hydrogen-bond acceptors (Lipinski definition) is 4. The van der Waals surface area contributed by atoms with Crippen molar-refractivity contribution >= 4 is 21.9 Å². The van der Waals surface area contributed by atoms with Crippen molar-refractivity contribution < 1.29 is 5.11 Å². The van der Waals surface area contributed by atoms with Crippen LogP contribution in [0.2, 0.25) is 0 Å². The molecule has 0 spiro atoms. The number of aliphatic hydroxyl groups excluding tert-OH is 1. The van der Waals surface area contributed by atoms with Gasteiger partial charge in [-0.2, -0.15) is 0 Å². The first-order valence-electron chi connectivity index (χ1n) is 9.08. The van der Waals surface area contributed by atoms with Crippen LogP contribution in [-0.4, -0.2) is 37.1 Å². The molecule has 0 bridgehead atoms. The fraction of sp³-hybridized carbons (Fsp3) is 0.765. The van der Waals surface area contributed by atoms with Crippen LogP contribution in [0.3, 0.4) is 0 Å². The van der Waals surface area contributed by atoms with Gasteiger partial charge in [-0.25, -0.2) is 9.98 Å². The van der Waals surface area contributed by atoms with E-state index in [1.807, 2.05) is 12.5 Å². The largest absolute Gasteiger partial charge is 0.382 e. The van der Waals surface area contributed by atoms with Gasteiger partial charge in [0.15, 0.2) is 5.82 Å². The molecule has 5 nitrogen and oxygen atoms in total. The van der Waals surface area contributed by atoms with Crippen molar-refractivity contribution in [3.63, 3.8) is 0 Å². The van der Waals surface area contributed by atoms with Gasteiger partial charge in [0.2, 0.25) is 0 Å². The summed E-state index contributed by atoms with van der Waals surface area (Å²) >= 11 is -0.724. The molecule has 2 N–H and O–H groups in total. The molecule has 2 heterocycles. The lowest BCUT2D eigenvalue weighted by molar-refractivity contribution is 0.190. The molecule has 6 heteroatoms. The third-order valence-electron chi connectivity index (χ3n) is 5.41. The lowest BCUT2D eigenvalue weighted by Crippen LogP contribution is -2.33. The van der Waals surface area contributed by atoms with Gasteiger partial charge in [0.05, 0.1) is 11.2 Å². The SMILES string of the molecule is CCNC1CCC(CC(O)[SH]2C(C3CC3)=Nc3cncn32)CC1. The minimum absolute atomic E-state index is 0.263. The first kappa shape index (κ1) is 15.7. The lowest BCUT2D eigenvalue weighted by atomic mass is 9.84. The zero-order valence-corrected chi connectivity index (χ0v) is 14.8. The van der Waals surface area contributed by atoms with E-state index in [1.165, 1.54) is 43.6 Å². The maximum Gasteiger partial charge on any atom is 0.162 e. The van der Waals surface area contributed by atoms with Crippen molar-refractivity contribution in [1.29, 1.82) is 0 Å². The first-order valence-corrected chi connectivity index (χ1v) is 10.4. The molecule has 0 amide bonds. The molecule has 2 aliphatic carbocycles. The number of aliphatic imine (C=N–C) groups is 1. The maximum atomic E-state index is 11.0. The summed E-state index contributed by atoms with van der Waals surface area (Å²) in [6.07, 6.45) is 12.1. The highest BCUT2D eigenvalue weighted by molar-refractivity contribution is 8.29. The molecule has 0 radical (unpaired) electrons. The van der Waals surface area contributed by atoms with Gasteiger partial charge < -0.3 is 10.4 Å². The molecule has 1 aromatic rings. The third kappa shape index (κ3) is 3.21. The summed E-state index contributed by atoms with van der Waals surface area (Å²) in [7, 11) is 0. The smallest absolute Gasteiger partial charge is 0.162 e. The van der Waals surface area contributed by atoms with E-state index in [0.717, 1.165) is 18.8 Å². The van der Waals surface area contributed by atoms with Crippen LogP contribution in [-0.2, 0) is 0 Å². The second-order valence-corrected chi connectivity index (χ2v) is 9.35. The summed E-state index contributed by atoms with van der Waals surface area (Å²) in [4.78, 5) is 9.00. The van der Waals surface area contributed by atoms with Crippen LogP contribution in [0.5, 0.6) is 0 Å². The second kappa shape index (κ2) is 6.57. The monoisotopic (exact) mass is 336 g/mol. The number of fused-ring (bicyclic) bond motifs is 1. The zero-order valence-electron chi connectivity index (χ0n) is 13.9. The maximum absolute atomic E-state index is 11.0. The number of thiol groups is 1.